The molecule has 142 valence electrons. The van der Waals surface area contributed by atoms with E-state index in [1.165, 1.54) is 5.56 Å². The van der Waals surface area contributed by atoms with Gasteiger partial charge in [0.1, 0.15) is 12.4 Å². The molecule has 4 nitrogen and oxygen atoms in total. The molecule has 0 bridgehead atoms. The molecule has 0 aliphatic heterocycles. The topological polar surface area (TPSA) is 46.9 Å². The summed E-state index contributed by atoms with van der Waals surface area (Å²) in [5, 5.41) is 3.01. The number of aromatic nitrogens is 2. The number of para-hydroxylation sites is 2. The Morgan fingerprint density at radius 3 is 2.37 bits per heavy atom. The predicted octanol–water partition coefficient (Wildman–Crippen LogP) is 4.77. The standard InChI is InChI=1S/C23H29N3O/c1-16(2)14-24-21(27)15-26-20-9-7-6-8-19(20)25-22(26)17-10-12-18(13-11-17)23(3,4)5/h6-13,16H,14-15H2,1-5H3,(H,24,27). The number of rotatable bonds is 5. The summed E-state index contributed by atoms with van der Waals surface area (Å²) >= 11 is 0. The second kappa shape index (κ2) is 7.55. The first-order valence-electron chi connectivity index (χ1n) is 9.58. The molecule has 0 fully saturated rings. The van der Waals surface area contributed by atoms with Crippen LogP contribution in [0.25, 0.3) is 22.4 Å². The molecule has 1 amide bonds. The van der Waals surface area contributed by atoms with Gasteiger partial charge in [0, 0.05) is 12.1 Å². The first-order chi connectivity index (χ1) is 12.8. The molecular formula is C23H29N3O. The SMILES string of the molecule is CC(C)CNC(=O)Cn1c(-c2ccc(C(C)(C)C)cc2)nc2ccccc21. The van der Waals surface area contributed by atoms with E-state index in [9.17, 15) is 4.79 Å². The lowest BCUT2D eigenvalue weighted by atomic mass is 9.87. The highest BCUT2D eigenvalue weighted by Crippen LogP contribution is 2.28. The van der Waals surface area contributed by atoms with E-state index in [0.717, 1.165) is 22.4 Å². The third-order valence-electron chi connectivity index (χ3n) is 4.67. The Morgan fingerprint density at radius 1 is 1.07 bits per heavy atom. The number of hydrogen-bond acceptors (Lipinski definition) is 2. The minimum Gasteiger partial charge on any atom is -0.354 e. The van der Waals surface area contributed by atoms with Crippen LogP contribution in [0.4, 0.5) is 0 Å². The third kappa shape index (κ3) is 4.38. The number of nitrogens with one attached hydrogen (secondary N) is 1. The zero-order chi connectivity index (χ0) is 19.6. The van der Waals surface area contributed by atoms with Gasteiger partial charge in [-0.1, -0.05) is 71.0 Å². The highest BCUT2D eigenvalue weighted by molar-refractivity contribution is 5.84. The van der Waals surface area contributed by atoms with Crippen LogP contribution in [0.3, 0.4) is 0 Å². The Kier molecular flexibility index (Phi) is 5.36. The van der Waals surface area contributed by atoms with Crippen molar-refractivity contribution in [2.45, 2.75) is 46.6 Å². The van der Waals surface area contributed by atoms with Gasteiger partial charge in [0.05, 0.1) is 11.0 Å². The molecule has 1 aromatic heterocycles. The predicted molar refractivity (Wildman–Crippen MR) is 112 cm³/mol. The molecule has 0 atom stereocenters. The zero-order valence-corrected chi connectivity index (χ0v) is 16.9. The molecular weight excluding hydrogens is 334 g/mol. The number of hydrogen-bond donors (Lipinski definition) is 1. The Hall–Kier alpha value is -2.62. The number of imidazole rings is 1. The molecule has 0 saturated carbocycles. The van der Waals surface area contributed by atoms with Crippen LogP contribution in [-0.2, 0) is 16.8 Å². The molecule has 0 aliphatic carbocycles. The van der Waals surface area contributed by atoms with E-state index in [2.05, 4.69) is 64.2 Å². The lowest BCUT2D eigenvalue weighted by molar-refractivity contribution is -0.121. The summed E-state index contributed by atoms with van der Waals surface area (Å²) in [6, 6.07) is 16.5. The quantitative estimate of drug-likeness (QED) is 0.709. The Labute approximate surface area is 161 Å². The van der Waals surface area contributed by atoms with Crippen molar-refractivity contribution in [3.05, 3.63) is 54.1 Å². The van der Waals surface area contributed by atoms with Crippen LogP contribution in [0.15, 0.2) is 48.5 Å². The fraction of sp³-hybridized carbons (Fsp3) is 0.391. The van der Waals surface area contributed by atoms with Crippen molar-refractivity contribution in [1.82, 2.24) is 14.9 Å². The summed E-state index contributed by atoms with van der Waals surface area (Å²) in [5.41, 5.74) is 4.30. The number of nitrogens with zero attached hydrogens (tertiary/aromatic N) is 2. The largest absolute Gasteiger partial charge is 0.354 e. The van der Waals surface area contributed by atoms with Gasteiger partial charge in [-0.3, -0.25) is 4.79 Å². The van der Waals surface area contributed by atoms with Gasteiger partial charge in [0.25, 0.3) is 0 Å². The first kappa shape index (κ1) is 19.2. The van der Waals surface area contributed by atoms with E-state index in [0.29, 0.717) is 12.5 Å². The second-order valence-corrected chi connectivity index (χ2v) is 8.54. The molecule has 0 spiro atoms. The molecule has 27 heavy (non-hydrogen) atoms. The fourth-order valence-electron chi connectivity index (χ4n) is 3.09. The van der Waals surface area contributed by atoms with Crippen LogP contribution in [-0.4, -0.2) is 22.0 Å². The fourth-order valence-corrected chi connectivity index (χ4v) is 3.09. The number of carbonyl (C=O) groups is 1. The van der Waals surface area contributed by atoms with Crippen LogP contribution in [0.1, 0.15) is 40.2 Å². The number of amides is 1. The summed E-state index contributed by atoms with van der Waals surface area (Å²) in [7, 11) is 0. The van der Waals surface area contributed by atoms with Crippen molar-refractivity contribution in [2.75, 3.05) is 6.54 Å². The molecule has 1 N–H and O–H groups in total. The number of benzene rings is 2. The van der Waals surface area contributed by atoms with Gasteiger partial charge >= 0.3 is 0 Å². The third-order valence-corrected chi connectivity index (χ3v) is 4.67. The van der Waals surface area contributed by atoms with E-state index in [1.807, 2.05) is 28.8 Å². The van der Waals surface area contributed by atoms with E-state index >= 15 is 0 Å². The molecule has 2 aromatic carbocycles. The normalized spacial score (nSPS) is 11.9. The van der Waals surface area contributed by atoms with Gasteiger partial charge in [0.15, 0.2) is 0 Å². The Morgan fingerprint density at radius 2 is 1.74 bits per heavy atom. The van der Waals surface area contributed by atoms with Crippen molar-refractivity contribution in [1.29, 1.82) is 0 Å². The zero-order valence-electron chi connectivity index (χ0n) is 16.9. The van der Waals surface area contributed by atoms with E-state index in [-0.39, 0.29) is 17.9 Å². The Balaban J connectivity index is 1.98. The molecule has 4 heteroatoms. The highest BCUT2D eigenvalue weighted by atomic mass is 16.1. The average Bonchev–Trinajstić information content (AvgIpc) is 2.98. The molecule has 0 saturated heterocycles. The van der Waals surface area contributed by atoms with Gasteiger partial charge in [-0.25, -0.2) is 4.98 Å². The molecule has 3 rings (SSSR count). The van der Waals surface area contributed by atoms with E-state index in [4.69, 9.17) is 4.98 Å². The van der Waals surface area contributed by atoms with Gasteiger partial charge in [-0.15, -0.1) is 0 Å². The second-order valence-electron chi connectivity index (χ2n) is 8.54. The van der Waals surface area contributed by atoms with Crippen molar-refractivity contribution in [3.63, 3.8) is 0 Å². The average molecular weight is 364 g/mol. The molecule has 0 unspecified atom stereocenters. The van der Waals surface area contributed by atoms with Crippen molar-refractivity contribution >= 4 is 16.9 Å². The van der Waals surface area contributed by atoms with Crippen LogP contribution >= 0.6 is 0 Å². The molecule has 0 aliphatic rings. The number of fused-ring (bicyclic) bond motifs is 1. The lowest BCUT2D eigenvalue weighted by Crippen LogP contribution is -2.30. The van der Waals surface area contributed by atoms with E-state index in [1.54, 1.807) is 0 Å². The van der Waals surface area contributed by atoms with Gasteiger partial charge in [0.2, 0.25) is 5.91 Å². The van der Waals surface area contributed by atoms with Gasteiger partial charge in [-0.05, 0) is 29.0 Å². The van der Waals surface area contributed by atoms with Crippen molar-refractivity contribution in [3.8, 4) is 11.4 Å². The molecule has 0 radical (unpaired) electrons. The van der Waals surface area contributed by atoms with Crippen LogP contribution < -0.4 is 5.32 Å². The summed E-state index contributed by atoms with van der Waals surface area (Å²) < 4.78 is 2.01. The van der Waals surface area contributed by atoms with Crippen LogP contribution in [0, 0.1) is 5.92 Å². The lowest BCUT2D eigenvalue weighted by Gasteiger charge is -2.19. The minimum absolute atomic E-state index is 0.0133. The monoisotopic (exact) mass is 363 g/mol. The summed E-state index contributed by atoms with van der Waals surface area (Å²) in [5.74, 6) is 1.27. The summed E-state index contributed by atoms with van der Waals surface area (Å²) in [4.78, 5) is 17.3. The van der Waals surface area contributed by atoms with Gasteiger partial charge in [-0.2, -0.15) is 0 Å². The number of carbonyl (C=O) groups excluding carboxylic acids is 1. The van der Waals surface area contributed by atoms with Gasteiger partial charge < -0.3 is 9.88 Å². The van der Waals surface area contributed by atoms with Crippen LogP contribution in [0.2, 0.25) is 0 Å². The summed E-state index contributed by atoms with van der Waals surface area (Å²) in [6.07, 6.45) is 0. The Bertz CT molecular complexity index is 930. The maximum atomic E-state index is 12.5. The van der Waals surface area contributed by atoms with Crippen LogP contribution in [0.5, 0.6) is 0 Å². The smallest absolute Gasteiger partial charge is 0.240 e. The van der Waals surface area contributed by atoms with Crippen molar-refractivity contribution < 1.29 is 4.79 Å². The highest BCUT2D eigenvalue weighted by Gasteiger charge is 2.17. The molecule has 3 aromatic rings. The maximum Gasteiger partial charge on any atom is 0.240 e. The van der Waals surface area contributed by atoms with Crippen molar-refractivity contribution in [2.24, 2.45) is 5.92 Å². The molecule has 1 heterocycles. The summed E-state index contributed by atoms with van der Waals surface area (Å²) in [6.45, 7) is 11.7. The minimum atomic E-state index is 0.0133. The van der Waals surface area contributed by atoms with E-state index < -0.39 is 0 Å². The first-order valence-corrected chi connectivity index (χ1v) is 9.58. The maximum absolute atomic E-state index is 12.5.